The third kappa shape index (κ3) is 2.58. The van der Waals surface area contributed by atoms with Crippen molar-refractivity contribution in [1.29, 1.82) is 0 Å². The molecule has 0 spiro atoms. The van der Waals surface area contributed by atoms with Gasteiger partial charge < -0.3 is 5.32 Å². The van der Waals surface area contributed by atoms with Crippen LogP contribution in [-0.4, -0.2) is 38.7 Å². The van der Waals surface area contributed by atoms with Crippen molar-refractivity contribution in [2.45, 2.75) is 25.4 Å². The predicted molar refractivity (Wildman–Crippen MR) is 72.6 cm³/mol. The van der Waals surface area contributed by atoms with E-state index in [1.165, 1.54) is 18.5 Å². The van der Waals surface area contributed by atoms with E-state index in [0.717, 1.165) is 18.7 Å². The van der Waals surface area contributed by atoms with E-state index in [1.54, 1.807) is 0 Å². The van der Waals surface area contributed by atoms with Crippen LogP contribution in [0.15, 0.2) is 24.7 Å². The van der Waals surface area contributed by atoms with Crippen molar-refractivity contribution in [3.05, 3.63) is 35.9 Å². The van der Waals surface area contributed by atoms with Gasteiger partial charge in [0.1, 0.15) is 0 Å². The van der Waals surface area contributed by atoms with Crippen molar-refractivity contribution in [3.63, 3.8) is 0 Å². The molecule has 1 fully saturated rings. The van der Waals surface area contributed by atoms with Crippen LogP contribution >= 0.6 is 0 Å². The van der Waals surface area contributed by atoms with E-state index in [2.05, 4.69) is 36.4 Å². The van der Waals surface area contributed by atoms with Crippen LogP contribution in [0.4, 0.5) is 5.95 Å². The van der Waals surface area contributed by atoms with Gasteiger partial charge in [-0.15, -0.1) is 0 Å². The SMILES string of the molecule is CNc1ncc(CN2CCC[C@@H]2c2ccn[nH]2)cn1. The van der Waals surface area contributed by atoms with Gasteiger partial charge in [-0.2, -0.15) is 5.10 Å². The highest BCUT2D eigenvalue weighted by Gasteiger charge is 2.26. The minimum atomic E-state index is 0.437. The van der Waals surface area contributed by atoms with E-state index in [0.29, 0.717) is 12.0 Å². The molecule has 3 rings (SSSR count). The number of hydrogen-bond acceptors (Lipinski definition) is 5. The summed E-state index contributed by atoms with van der Waals surface area (Å²) in [5.41, 5.74) is 2.34. The number of H-pyrrole nitrogens is 1. The second-order valence-corrected chi connectivity index (χ2v) is 4.81. The van der Waals surface area contributed by atoms with E-state index >= 15 is 0 Å². The van der Waals surface area contributed by atoms with Crippen LogP contribution in [-0.2, 0) is 6.54 Å². The Balaban J connectivity index is 1.71. The lowest BCUT2D eigenvalue weighted by atomic mass is 10.1. The maximum atomic E-state index is 4.26. The fourth-order valence-corrected chi connectivity index (χ4v) is 2.62. The monoisotopic (exact) mass is 258 g/mol. The van der Waals surface area contributed by atoms with Gasteiger partial charge in [-0.25, -0.2) is 9.97 Å². The number of aromatic nitrogens is 4. The minimum Gasteiger partial charge on any atom is -0.357 e. The van der Waals surface area contributed by atoms with Crippen LogP contribution in [0.2, 0.25) is 0 Å². The topological polar surface area (TPSA) is 69.7 Å². The second kappa shape index (κ2) is 5.36. The summed E-state index contributed by atoms with van der Waals surface area (Å²) in [4.78, 5) is 11.0. The highest BCUT2D eigenvalue weighted by molar-refractivity contribution is 5.23. The number of rotatable bonds is 4. The average Bonchev–Trinajstić information content (AvgIpc) is 3.10. The van der Waals surface area contributed by atoms with E-state index in [-0.39, 0.29) is 0 Å². The molecule has 1 aliphatic heterocycles. The van der Waals surface area contributed by atoms with Crippen LogP contribution < -0.4 is 5.32 Å². The number of aromatic amines is 1. The molecule has 2 aromatic rings. The van der Waals surface area contributed by atoms with Gasteiger partial charge in [0.15, 0.2) is 0 Å². The first kappa shape index (κ1) is 12.1. The third-order valence-corrected chi connectivity index (χ3v) is 3.56. The van der Waals surface area contributed by atoms with Crippen molar-refractivity contribution in [3.8, 4) is 0 Å². The highest BCUT2D eigenvalue weighted by atomic mass is 15.2. The maximum Gasteiger partial charge on any atom is 0.222 e. The van der Waals surface area contributed by atoms with Gasteiger partial charge >= 0.3 is 0 Å². The highest BCUT2D eigenvalue weighted by Crippen LogP contribution is 2.31. The molecule has 2 aromatic heterocycles. The Morgan fingerprint density at radius 2 is 2.26 bits per heavy atom. The molecule has 1 saturated heterocycles. The summed E-state index contributed by atoms with van der Waals surface area (Å²) in [6, 6.07) is 2.50. The number of nitrogens with zero attached hydrogens (tertiary/aromatic N) is 4. The molecule has 0 aliphatic carbocycles. The average molecular weight is 258 g/mol. The standard InChI is InChI=1S/C13H18N6/c1-14-13-15-7-10(8-16-13)9-19-6-2-3-12(19)11-4-5-17-18-11/h4-5,7-8,12H,2-3,6,9H2,1H3,(H,17,18)(H,14,15,16)/t12-/m1/s1. The molecular weight excluding hydrogens is 240 g/mol. The van der Waals surface area contributed by atoms with E-state index in [4.69, 9.17) is 0 Å². The lowest BCUT2D eigenvalue weighted by Gasteiger charge is -2.23. The van der Waals surface area contributed by atoms with Crippen molar-refractivity contribution in [2.75, 3.05) is 18.9 Å². The predicted octanol–water partition coefficient (Wildman–Crippen LogP) is 1.58. The van der Waals surface area contributed by atoms with Crippen molar-refractivity contribution in [1.82, 2.24) is 25.1 Å². The molecule has 2 N–H and O–H groups in total. The fraction of sp³-hybridized carbons (Fsp3) is 0.462. The lowest BCUT2D eigenvalue weighted by molar-refractivity contribution is 0.244. The van der Waals surface area contributed by atoms with Crippen LogP contribution in [0.25, 0.3) is 0 Å². The Hall–Kier alpha value is -1.95. The molecule has 3 heterocycles. The van der Waals surface area contributed by atoms with Crippen LogP contribution in [0.1, 0.15) is 30.1 Å². The zero-order chi connectivity index (χ0) is 13.1. The Kier molecular flexibility index (Phi) is 3.41. The number of nitrogens with one attached hydrogen (secondary N) is 2. The van der Waals surface area contributed by atoms with E-state index in [9.17, 15) is 0 Å². The second-order valence-electron chi connectivity index (χ2n) is 4.81. The summed E-state index contributed by atoms with van der Waals surface area (Å²) in [6.45, 7) is 1.99. The molecule has 0 aromatic carbocycles. The summed E-state index contributed by atoms with van der Waals surface area (Å²) in [5, 5.41) is 10.1. The molecule has 100 valence electrons. The van der Waals surface area contributed by atoms with Crippen LogP contribution in [0, 0.1) is 0 Å². The smallest absolute Gasteiger partial charge is 0.222 e. The van der Waals surface area contributed by atoms with Gasteiger partial charge in [0, 0.05) is 37.7 Å². The third-order valence-electron chi connectivity index (χ3n) is 3.56. The lowest BCUT2D eigenvalue weighted by Crippen LogP contribution is -2.23. The van der Waals surface area contributed by atoms with Crippen molar-refractivity contribution in [2.24, 2.45) is 0 Å². The molecule has 0 bridgehead atoms. The number of likely N-dealkylation sites (tertiary alicyclic amines) is 1. The largest absolute Gasteiger partial charge is 0.357 e. The molecule has 0 radical (unpaired) electrons. The Labute approximate surface area is 112 Å². The number of hydrogen-bond donors (Lipinski definition) is 2. The molecule has 6 heteroatoms. The zero-order valence-corrected chi connectivity index (χ0v) is 11.0. The first-order valence-electron chi connectivity index (χ1n) is 6.59. The Morgan fingerprint density at radius 1 is 1.42 bits per heavy atom. The van der Waals surface area contributed by atoms with Gasteiger partial charge in [-0.1, -0.05) is 0 Å². The first-order valence-corrected chi connectivity index (χ1v) is 6.59. The molecule has 1 atom stereocenters. The molecular formula is C13H18N6. The quantitative estimate of drug-likeness (QED) is 0.871. The zero-order valence-electron chi connectivity index (χ0n) is 11.0. The van der Waals surface area contributed by atoms with E-state index < -0.39 is 0 Å². The van der Waals surface area contributed by atoms with Crippen molar-refractivity contribution < 1.29 is 0 Å². The summed E-state index contributed by atoms with van der Waals surface area (Å²) >= 11 is 0. The molecule has 19 heavy (non-hydrogen) atoms. The Bertz CT molecular complexity index is 506. The maximum absolute atomic E-state index is 4.26. The Morgan fingerprint density at radius 3 is 2.95 bits per heavy atom. The normalized spacial score (nSPS) is 19.7. The van der Waals surface area contributed by atoms with Gasteiger partial charge in [-0.3, -0.25) is 10.00 Å². The summed E-state index contributed by atoms with van der Waals surface area (Å²) < 4.78 is 0. The van der Waals surface area contributed by atoms with Crippen LogP contribution in [0.5, 0.6) is 0 Å². The molecule has 0 saturated carbocycles. The van der Waals surface area contributed by atoms with Gasteiger partial charge in [-0.05, 0) is 25.5 Å². The van der Waals surface area contributed by atoms with Crippen LogP contribution in [0.3, 0.4) is 0 Å². The molecule has 1 aliphatic rings. The molecule has 0 amide bonds. The molecule has 0 unspecified atom stereocenters. The fourth-order valence-electron chi connectivity index (χ4n) is 2.62. The summed E-state index contributed by atoms with van der Waals surface area (Å²) in [5.74, 6) is 0.662. The van der Waals surface area contributed by atoms with E-state index in [1.807, 2.05) is 25.6 Å². The van der Waals surface area contributed by atoms with Crippen molar-refractivity contribution >= 4 is 5.95 Å². The summed E-state index contributed by atoms with van der Waals surface area (Å²) in [6.07, 6.45) is 8.00. The number of anilines is 1. The van der Waals surface area contributed by atoms with Gasteiger partial charge in [0.05, 0.1) is 11.7 Å². The minimum absolute atomic E-state index is 0.437. The van der Waals surface area contributed by atoms with Gasteiger partial charge in [0.25, 0.3) is 0 Å². The van der Waals surface area contributed by atoms with Gasteiger partial charge in [0.2, 0.25) is 5.95 Å². The first-order chi connectivity index (χ1) is 9.36. The molecule has 6 nitrogen and oxygen atoms in total. The summed E-state index contributed by atoms with van der Waals surface area (Å²) in [7, 11) is 1.82.